The zero-order chi connectivity index (χ0) is 16.5. The van der Waals surface area contributed by atoms with E-state index in [-0.39, 0.29) is 23.3 Å². The molecule has 0 fully saturated rings. The molecule has 0 radical (unpaired) electrons. The van der Waals surface area contributed by atoms with Crippen molar-refractivity contribution in [2.45, 2.75) is 13.5 Å². The fraction of sp³-hybridized carbons (Fsp3) is 0.235. The van der Waals surface area contributed by atoms with Gasteiger partial charge in [0.25, 0.3) is 0 Å². The number of hydrogen-bond donors (Lipinski definition) is 2. The van der Waals surface area contributed by atoms with E-state index in [1.807, 2.05) is 43.3 Å². The fourth-order valence-corrected chi connectivity index (χ4v) is 2.56. The molecule has 0 atom stereocenters. The van der Waals surface area contributed by atoms with Crippen molar-refractivity contribution in [2.75, 3.05) is 16.8 Å². The van der Waals surface area contributed by atoms with Crippen LogP contribution in [-0.4, -0.2) is 28.3 Å². The first-order chi connectivity index (χ1) is 11.1. The summed E-state index contributed by atoms with van der Waals surface area (Å²) >= 11 is 1.29. The highest BCUT2D eigenvalue weighted by molar-refractivity contribution is 8.00. The summed E-state index contributed by atoms with van der Waals surface area (Å²) in [7, 11) is 0. The van der Waals surface area contributed by atoms with E-state index in [1.54, 1.807) is 12.4 Å². The van der Waals surface area contributed by atoms with Gasteiger partial charge < -0.3 is 10.6 Å². The lowest BCUT2D eigenvalue weighted by atomic mass is 10.2. The summed E-state index contributed by atoms with van der Waals surface area (Å²) in [5.74, 6) is 0.306. The van der Waals surface area contributed by atoms with Gasteiger partial charge in [-0.1, -0.05) is 12.1 Å². The van der Waals surface area contributed by atoms with Gasteiger partial charge in [0.1, 0.15) is 0 Å². The Bertz CT molecular complexity index is 662. The largest absolute Gasteiger partial charge is 0.351 e. The topological polar surface area (TPSA) is 71.1 Å². The first-order valence-electron chi connectivity index (χ1n) is 7.23. The number of rotatable bonds is 7. The van der Waals surface area contributed by atoms with Crippen LogP contribution in [-0.2, 0) is 16.1 Å². The molecule has 23 heavy (non-hydrogen) atoms. The molecule has 120 valence electrons. The molecule has 0 aliphatic heterocycles. The smallest absolute Gasteiger partial charge is 0.234 e. The second-order valence-corrected chi connectivity index (χ2v) is 6.03. The van der Waals surface area contributed by atoms with Gasteiger partial charge in [-0.15, -0.1) is 11.8 Å². The molecule has 0 bridgehead atoms. The van der Waals surface area contributed by atoms with Gasteiger partial charge in [0.2, 0.25) is 11.8 Å². The Labute approximate surface area is 139 Å². The van der Waals surface area contributed by atoms with Crippen LogP contribution in [0.3, 0.4) is 0 Å². The third kappa shape index (κ3) is 6.52. The van der Waals surface area contributed by atoms with E-state index < -0.39 is 0 Å². The Morgan fingerprint density at radius 3 is 2.57 bits per heavy atom. The van der Waals surface area contributed by atoms with E-state index in [1.165, 1.54) is 11.8 Å². The Morgan fingerprint density at radius 2 is 1.83 bits per heavy atom. The van der Waals surface area contributed by atoms with Crippen LogP contribution in [0.1, 0.15) is 11.1 Å². The summed E-state index contributed by atoms with van der Waals surface area (Å²) in [4.78, 5) is 27.5. The molecule has 6 heteroatoms. The van der Waals surface area contributed by atoms with Crippen molar-refractivity contribution in [2.24, 2.45) is 0 Å². The molecule has 2 rings (SSSR count). The minimum absolute atomic E-state index is 0.0878. The van der Waals surface area contributed by atoms with Crippen LogP contribution < -0.4 is 10.6 Å². The first kappa shape index (κ1) is 17.0. The quantitative estimate of drug-likeness (QED) is 0.818. The molecule has 2 N–H and O–H groups in total. The van der Waals surface area contributed by atoms with Gasteiger partial charge >= 0.3 is 0 Å². The highest BCUT2D eigenvalue weighted by atomic mass is 32.2. The number of thioether (sulfide) groups is 1. The van der Waals surface area contributed by atoms with Crippen molar-refractivity contribution in [3.63, 3.8) is 0 Å². The third-order valence-corrected chi connectivity index (χ3v) is 3.94. The lowest BCUT2D eigenvalue weighted by Crippen LogP contribution is -2.25. The van der Waals surface area contributed by atoms with Crippen molar-refractivity contribution < 1.29 is 9.59 Å². The molecule has 0 unspecified atom stereocenters. The van der Waals surface area contributed by atoms with Crippen molar-refractivity contribution >= 4 is 29.3 Å². The number of carbonyl (C=O) groups excluding carboxylic acids is 2. The van der Waals surface area contributed by atoms with Crippen LogP contribution in [0, 0.1) is 6.92 Å². The zero-order valence-electron chi connectivity index (χ0n) is 12.9. The zero-order valence-corrected chi connectivity index (χ0v) is 13.7. The summed E-state index contributed by atoms with van der Waals surface area (Å²) < 4.78 is 0. The number of nitrogens with zero attached hydrogens (tertiary/aromatic N) is 1. The van der Waals surface area contributed by atoms with E-state index >= 15 is 0 Å². The predicted octanol–water partition coefficient (Wildman–Crippen LogP) is 2.38. The Hall–Kier alpha value is -2.34. The van der Waals surface area contributed by atoms with Crippen molar-refractivity contribution in [3.05, 3.63) is 59.9 Å². The van der Waals surface area contributed by atoms with E-state index in [2.05, 4.69) is 15.6 Å². The van der Waals surface area contributed by atoms with E-state index in [0.717, 1.165) is 16.8 Å². The summed E-state index contributed by atoms with van der Waals surface area (Å²) in [6.07, 6.45) is 3.37. The number of nitrogens with one attached hydrogen (secondary N) is 2. The number of amides is 2. The lowest BCUT2D eigenvalue weighted by molar-refractivity contribution is -0.118. The number of hydrogen-bond acceptors (Lipinski definition) is 4. The number of aryl methyl sites for hydroxylation is 1. The number of pyridine rings is 1. The van der Waals surface area contributed by atoms with Crippen LogP contribution in [0.5, 0.6) is 0 Å². The van der Waals surface area contributed by atoms with Gasteiger partial charge in [-0.2, -0.15) is 0 Å². The number of aromatic nitrogens is 1. The number of benzene rings is 1. The summed E-state index contributed by atoms with van der Waals surface area (Å²) in [5.41, 5.74) is 2.86. The van der Waals surface area contributed by atoms with Crippen LogP contribution in [0.15, 0.2) is 48.8 Å². The maximum Gasteiger partial charge on any atom is 0.234 e. The molecule has 1 aromatic carbocycles. The molecule has 2 amide bonds. The van der Waals surface area contributed by atoms with Gasteiger partial charge in [0.05, 0.1) is 11.5 Å². The average molecular weight is 329 g/mol. The Kier molecular flexibility index (Phi) is 6.62. The molecule has 5 nitrogen and oxygen atoms in total. The highest BCUT2D eigenvalue weighted by Gasteiger charge is 2.06. The molecule has 2 aromatic rings. The Balaban J connectivity index is 1.64. The maximum absolute atomic E-state index is 11.8. The van der Waals surface area contributed by atoms with Crippen molar-refractivity contribution in [1.29, 1.82) is 0 Å². The minimum atomic E-state index is -0.109. The van der Waals surface area contributed by atoms with E-state index in [4.69, 9.17) is 0 Å². The van der Waals surface area contributed by atoms with Gasteiger partial charge in [-0.25, -0.2) is 0 Å². The molecular weight excluding hydrogens is 310 g/mol. The standard InChI is InChI=1S/C17H19N3O2S/c1-13-3-2-4-15(9-13)20-17(22)12-23-11-16(21)19-10-14-5-7-18-8-6-14/h2-9H,10-12H2,1H3,(H,19,21)(H,20,22). The van der Waals surface area contributed by atoms with Gasteiger partial charge in [0.15, 0.2) is 0 Å². The molecule has 1 heterocycles. The van der Waals surface area contributed by atoms with E-state index in [9.17, 15) is 9.59 Å². The second-order valence-electron chi connectivity index (χ2n) is 5.04. The lowest BCUT2D eigenvalue weighted by Gasteiger charge is -2.07. The molecule has 1 aromatic heterocycles. The monoisotopic (exact) mass is 329 g/mol. The van der Waals surface area contributed by atoms with Crippen molar-refractivity contribution in [1.82, 2.24) is 10.3 Å². The molecule has 0 spiro atoms. The van der Waals surface area contributed by atoms with Gasteiger partial charge in [-0.05, 0) is 42.3 Å². The van der Waals surface area contributed by atoms with Gasteiger partial charge in [-0.3, -0.25) is 14.6 Å². The maximum atomic E-state index is 11.8. The first-order valence-corrected chi connectivity index (χ1v) is 8.39. The Morgan fingerprint density at radius 1 is 1.09 bits per heavy atom. The normalized spacial score (nSPS) is 10.1. The molecule has 0 saturated carbocycles. The van der Waals surface area contributed by atoms with E-state index in [0.29, 0.717) is 6.54 Å². The molecule has 0 aliphatic rings. The number of anilines is 1. The molecular formula is C17H19N3O2S. The summed E-state index contributed by atoms with van der Waals surface area (Å²) in [6, 6.07) is 11.3. The number of carbonyl (C=O) groups is 2. The fourth-order valence-electron chi connectivity index (χ4n) is 1.91. The predicted molar refractivity (Wildman–Crippen MR) is 93.2 cm³/mol. The SMILES string of the molecule is Cc1cccc(NC(=O)CSCC(=O)NCc2ccncc2)c1. The van der Waals surface area contributed by atoms with Crippen LogP contribution in [0.25, 0.3) is 0 Å². The van der Waals surface area contributed by atoms with Crippen molar-refractivity contribution in [3.8, 4) is 0 Å². The highest BCUT2D eigenvalue weighted by Crippen LogP contribution is 2.10. The summed E-state index contributed by atoms with van der Waals surface area (Å²) in [5, 5.41) is 5.63. The molecule has 0 aliphatic carbocycles. The average Bonchev–Trinajstić information content (AvgIpc) is 2.54. The summed E-state index contributed by atoms with van der Waals surface area (Å²) in [6.45, 7) is 2.44. The minimum Gasteiger partial charge on any atom is -0.351 e. The van der Waals surface area contributed by atoms with Crippen LogP contribution in [0.4, 0.5) is 5.69 Å². The molecule has 0 saturated heterocycles. The van der Waals surface area contributed by atoms with Gasteiger partial charge in [0, 0.05) is 24.6 Å². The third-order valence-electron chi connectivity index (χ3n) is 3.01. The second kappa shape index (κ2) is 8.95. The van der Waals surface area contributed by atoms with Crippen LogP contribution in [0.2, 0.25) is 0 Å². The van der Waals surface area contributed by atoms with Crippen LogP contribution >= 0.6 is 11.8 Å².